The van der Waals surface area contributed by atoms with Gasteiger partial charge in [0, 0.05) is 17.6 Å². The maximum atomic E-state index is 12.2. The molecule has 3 rings (SSSR count). The van der Waals surface area contributed by atoms with Gasteiger partial charge in [0.05, 0.1) is 10.6 Å². The van der Waals surface area contributed by atoms with Crippen LogP contribution >= 0.6 is 34.7 Å². The molecule has 0 aliphatic rings. The first-order chi connectivity index (χ1) is 10.6. The van der Waals surface area contributed by atoms with Gasteiger partial charge in [0.15, 0.2) is 16.8 Å². The molecule has 0 N–H and O–H groups in total. The first-order valence-electron chi connectivity index (χ1n) is 6.50. The van der Waals surface area contributed by atoms with Crippen molar-refractivity contribution in [3.05, 3.63) is 52.4 Å². The summed E-state index contributed by atoms with van der Waals surface area (Å²) >= 11 is 8.82. The molecule has 2 aromatic heterocycles. The van der Waals surface area contributed by atoms with Gasteiger partial charge in [-0.1, -0.05) is 29.4 Å². The molecule has 0 radical (unpaired) electrons. The molecule has 0 saturated carbocycles. The number of carbonyl (C=O) groups excluding carboxylic acids is 1. The number of thiophene rings is 1. The number of benzene rings is 1. The number of hydrogen-bond acceptors (Lipinski definition) is 5. The van der Waals surface area contributed by atoms with Gasteiger partial charge < -0.3 is 4.57 Å². The third kappa shape index (κ3) is 3.24. The Labute approximate surface area is 141 Å². The SMILES string of the molecule is Cn1c(SCC(=O)c2ccc(Cl)cc2)nnc1-c1cccs1. The molecule has 0 bridgehead atoms. The summed E-state index contributed by atoms with van der Waals surface area (Å²) in [5.74, 6) is 1.18. The predicted molar refractivity (Wildman–Crippen MR) is 90.8 cm³/mol. The lowest BCUT2D eigenvalue weighted by Crippen LogP contribution is -2.03. The summed E-state index contributed by atoms with van der Waals surface area (Å²) in [5, 5.41) is 11.7. The number of halogens is 1. The molecule has 0 amide bonds. The van der Waals surface area contributed by atoms with Gasteiger partial charge in [-0.05, 0) is 35.7 Å². The summed E-state index contributed by atoms with van der Waals surface area (Å²) < 4.78 is 1.91. The zero-order chi connectivity index (χ0) is 15.5. The molecule has 0 aliphatic heterocycles. The van der Waals surface area contributed by atoms with Gasteiger partial charge >= 0.3 is 0 Å². The predicted octanol–water partition coefficient (Wildman–Crippen LogP) is 4.17. The number of ketones is 1. The molecule has 0 aliphatic carbocycles. The minimum absolute atomic E-state index is 0.0438. The molecule has 7 heteroatoms. The van der Waals surface area contributed by atoms with Crippen molar-refractivity contribution in [3.8, 4) is 10.7 Å². The lowest BCUT2D eigenvalue weighted by molar-refractivity contribution is 0.102. The standard InChI is InChI=1S/C15H12ClN3OS2/c1-19-14(13-3-2-8-21-13)17-18-15(19)22-9-12(20)10-4-6-11(16)7-5-10/h2-8H,9H2,1H3. The van der Waals surface area contributed by atoms with Gasteiger partial charge in [-0.25, -0.2) is 0 Å². The highest BCUT2D eigenvalue weighted by Crippen LogP contribution is 2.26. The Bertz CT molecular complexity index is 782. The van der Waals surface area contributed by atoms with Gasteiger partial charge in [0.1, 0.15) is 0 Å². The van der Waals surface area contributed by atoms with E-state index in [1.165, 1.54) is 11.8 Å². The topological polar surface area (TPSA) is 47.8 Å². The summed E-state index contributed by atoms with van der Waals surface area (Å²) in [6.07, 6.45) is 0. The van der Waals surface area contributed by atoms with Gasteiger partial charge in [0.25, 0.3) is 0 Å². The van der Waals surface area contributed by atoms with Crippen molar-refractivity contribution >= 4 is 40.5 Å². The molecular weight excluding hydrogens is 338 g/mol. The van der Waals surface area contributed by atoms with Crippen LogP contribution in [0.2, 0.25) is 5.02 Å². The second kappa shape index (κ2) is 6.64. The van der Waals surface area contributed by atoms with E-state index < -0.39 is 0 Å². The van der Waals surface area contributed by atoms with Crippen molar-refractivity contribution in [1.29, 1.82) is 0 Å². The maximum absolute atomic E-state index is 12.2. The van der Waals surface area contributed by atoms with Crippen molar-refractivity contribution in [1.82, 2.24) is 14.8 Å². The minimum atomic E-state index is 0.0438. The zero-order valence-electron chi connectivity index (χ0n) is 11.7. The first kappa shape index (κ1) is 15.3. The van der Waals surface area contributed by atoms with Crippen molar-refractivity contribution in [2.75, 3.05) is 5.75 Å². The second-order valence-corrected chi connectivity index (χ2v) is 6.89. The summed E-state index contributed by atoms with van der Waals surface area (Å²) in [4.78, 5) is 13.2. The van der Waals surface area contributed by atoms with Crippen LogP contribution in [0.25, 0.3) is 10.7 Å². The van der Waals surface area contributed by atoms with E-state index in [4.69, 9.17) is 11.6 Å². The molecule has 0 atom stereocenters. The molecule has 22 heavy (non-hydrogen) atoms. The highest BCUT2D eigenvalue weighted by atomic mass is 35.5. The Kier molecular flexibility index (Phi) is 4.61. The number of aromatic nitrogens is 3. The van der Waals surface area contributed by atoms with E-state index in [9.17, 15) is 4.79 Å². The highest BCUT2D eigenvalue weighted by Gasteiger charge is 2.14. The molecular formula is C15H12ClN3OS2. The number of rotatable bonds is 5. The second-order valence-electron chi connectivity index (χ2n) is 4.56. The fourth-order valence-electron chi connectivity index (χ4n) is 1.91. The normalized spacial score (nSPS) is 10.8. The van der Waals surface area contributed by atoms with Crippen LogP contribution in [0.1, 0.15) is 10.4 Å². The summed E-state index contributed by atoms with van der Waals surface area (Å²) in [6, 6.07) is 10.9. The smallest absolute Gasteiger partial charge is 0.191 e. The Balaban J connectivity index is 1.69. The van der Waals surface area contributed by atoms with E-state index in [2.05, 4.69) is 10.2 Å². The molecule has 3 aromatic rings. The zero-order valence-corrected chi connectivity index (χ0v) is 14.1. The summed E-state index contributed by atoms with van der Waals surface area (Å²) in [6.45, 7) is 0. The van der Waals surface area contributed by atoms with Crippen molar-refractivity contribution in [2.45, 2.75) is 5.16 Å². The lowest BCUT2D eigenvalue weighted by atomic mass is 10.1. The van der Waals surface area contributed by atoms with Crippen LogP contribution in [0.15, 0.2) is 46.9 Å². The van der Waals surface area contributed by atoms with E-state index in [1.54, 1.807) is 35.6 Å². The molecule has 2 heterocycles. The van der Waals surface area contributed by atoms with Crippen LogP contribution in [-0.4, -0.2) is 26.3 Å². The van der Waals surface area contributed by atoms with E-state index >= 15 is 0 Å². The van der Waals surface area contributed by atoms with Crippen molar-refractivity contribution in [3.63, 3.8) is 0 Å². The molecule has 0 saturated heterocycles. The van der Waals surface area contributed by atoms with Crippen molar-refractivity contribution in [2.24, 2.45) is 7.05 Å². The van der Waals surface area contributed by atoms with E-state index in [1.807, 2.05) is 29.1 Å². The number of thioether (sulfide) groups is 1. The highest BCUT2D eigenvalue weighted by molar-refractivity contribution is 7.99. The van der Waals surface area contributed by atoms with Gasteiger partial charge in [-0.2, -0.15) is 0 Å². The summed E-state index contributed by atoms with van der Waals surface area (Å²) in [7, 11) is 1.91. The van der Waals surface area contributed by atoms with E-state index in [0.29, 0.717) is 16.3 Å². The van der Waals surface area contributed by atoms with Crippen molar-refractivity contribution < 1.29 is 4.79 Å². The maximum Gasteiger partial charge on any atom is 0.191 e. The van der Waals surface area contributed by atoms with Crippen LogP contribution in [0.5, 0.6) is 0 Å². The third-order valence-corrected chi connectivity index (χ3v) is 5.21. The monoisotopic (exact) mass is 349 g/mol. The largest absolute Gasteiger partial charge is 0.304 e. The first-order valence-corrected chi connectivity index (χ1v) is 8.74. The number of Topliss-reactive ketones (excluding diaryl/α,β-unsaturated/α-hetero) is 1. The Hall–Kier alpha value is -1.63. The number of carbonyl (C=O) groups is 1. The average Bonchev–Trinajstić information content (AvgIpc) is 3.15. The van der Waals surface area contributed by atoms with Crippen LogP contribution in [0.3, 0.4) is 0 Å². The molecule has 0 spiro atoms. The minimum Gasteiger partial charge on any atom is -0.304 e. The number of hydrogen-bond donors (Lipinski definition) is 0. The van der Waals surface area contributed by atoms with E-state index in [-0.39, 0.29) is 5.78 Å². The quantitative estimate of drug-likeness (QED) is 0.512. The third-order valence-electron chi connectivity index (χ3n) is 3.08. The Morgan fingerprint density at radius 1 is 1.27 bits per heavy atom. The summed E-state index contributed by atoms with van der Waals surface area (Å²) in [5.41, 5.74) is 0.651. The fraction of sp³-hybridized carbons (Fsp3) is 0.133. The molecule has 112 valence electrons. The van der Waals surface area contributed by atoms with E-state index in [0.717, 1.165) is 15.9 Å². The van der Waals surface area contributed by atoms with Crippen LogP contribution < -0.4 is 0 Å². The molecule has 1 aromatic carbocycles. The van der Waals surface area contributed by atoms with Gasteiger partial charge in [0.2, 0.25) is 0 Å². The van der Waals surface area contributed by atoms with Gasteiger partial charge in [-0.15, -0.1) is 21.5 Å². The van der Waals surface area contributed by atoms with Crippen LogP contribution in [-0.2, 0) is 7.05 Å². The van der Waals surface area contributed by atoms with Gasteiger partial charge in [-0.3, -0.25) is 4.79 Å². The number of nitrogens with zero attached hydrogens (tertiary/aromatic N) is 3. The Morgan fingerprint density at radius 2 is 2.05 bits per heavy atom. The molecule has 0 unspecified atom stereocenters. The fourth-order valence-corrected chi connectivity index (χ4v) is 3.59. The average molecular weight is 350 g/mol. The van der Waals surface area contributed by atoms with Crippen LogP contribution in [0.4, 0.5) is 0 Å². The van der Waals surface area contributed by atoms with Crippen LogP contribution in [0, 0.1) is 0 Å². The molecule has 4 nitrogen and oxygen atoms in total. The lowest BCUT2D eigenvalue weighted by Gasteiger charge is -2.03. The molecule has 0 fully saturated rings. The Morgan fingerprint density at radius 3 is 2.73 bits per heavy atom.